The normalized spacial score (nSPS) is 24.1. The quantitative estimate of drug-likeness (QED) is 0.299. The fourth-order valence-electron chi connectivity index (χ4n) is 6.87. The molecular formula is C31H37N9. The Hall–Kier alpha value is -3.82. The molecule has 4 N–H and O–H groups in total. The molecule has 0 amide bonds. The van der Waals surface area contributed by atoms with Crippen LogP contribution in [0.25, 0.3) is 33.3 Å². The van der Waals surface area contributed by atoms with Crippen molar-refractivity contribution in [3.63, 3.8) is 0 Å². The highest BCUT2D eigenvalue weighted by atomic mass is 15.3. The molecule has 7 rings (SSSR count). The molecule has 1 aliphatic heterocycles. The van der Waals surface area contributed by atoms with Gasteiger partial charge in [-0.2, -0.15) is 5.10 Å². The standard InChI is InChI=1S/C31H37N9/c1-19-16-39(17-20(2)35-19)23-9-11-24(12-10-23)40-31-28(30(32)33-18-34-31)29(38-40)22-8-13-25-26(15-22)37-27(36-25)14-21-6-4-3-5-7-21/h3-8,13,15,18-20,23-24,35H,9-12,14,16-17H2,1-2H3,(H,36,37)(H2,32,33,34)/t19-,20+,23-,24+. The zero-order chi connectivity index (χ0) is 27.2. The number of fused-ring (bicyclic) bond motifs is 2. The molecular weight excluding hydrogens is 498 g/mol. The third-order valence-corrected chi connectivity index (χ3v) is 8.65. The first-order chi connectivity index (χ1) is 19.5. The van der Waals surface area contributed by atoms with Crippen LogP contribution in [0, 0.1) is 0 Å². The average Bonchev–Trinajstić information content (AvgIpc) is 3.55. The summed E-state index contributed by atoms with van der Waals surface area (Å²) in [6.07, 6.45) is 6.83. The molecule has 5 aromatic rings. The van der Waals surface area contributed by atoms with Gasteiger partial charge in [-0.3, -0.25) is 4.90 Å². The van der Waals surface area contributed by atoms with E-state index in [1.807, 2.05) is 6.07 Å². The highest BCUT2D eigenvalue weighted by molar-refractivity contribution is 5.99. The van der Waals surface area contributed by atoms with Gasteiger partial charge in [0.1, 0.15) is 23.7 Å². The summed E-state index contributed by atoms with van der Waals surface area (Å²) in [6, 6.07) is 18.7. The zero-order valence-electron chi connectivity index (χ0n) is 23.2. The van der Waals surface area contributed by atoms with Crippen LogP contribution in [0.4, 0.5) is 5.82 Å². The SMILES string of the molecule is C[C@@H]1CN([C@H]2CC[C@@H](n3nc(-c4ccc5[nH]c(Cc6ccccc6)nc5c4)c4c(N)ncnc43)CC2)C[C@H](C)N1. The zero-order valence-corrected chi connectivity index (χ0v) is 23.2. The fraction of sp³-hybridized carbons (Fsp3) is 0.419. The van der Waals surface area contributed by atoms with Crippen molar-refractivity contribution in [2.45, 2.75) is 70.1 Å². The molecule has 4 heterocycles. The van der Waals surface area contributed by atoms with Crippen molar-refractivity contribution < 1.29 is 0 Å². The Bertz CT molecular complexity index is 1620. The van der Waals surface area contributed by atoms with Gasteiger partial charge in [-0.15, -0.1) is 0 Å². The Morgan fingerprint density at radius 2 is 1.68 bits per heavy atom. The van der Waals surface area contributed by atoms with Crippen LogP contribution in [0.1, 0.15) is 57.0 Å². The van der Waals surface area contributed by atoms with Crippen LogP contribution in [0.5, 0.6) is 0 Å². The molecule has 2 atom stereocenters. The van der Waals surface area contributed by atoms with E-state index < -0.39 is 0 Å². The number of benzene rings is 2. The van der Waals surface area contributed by atoms with Gasteiger partial charge in [0.15, 0.2) is 5.65 Å². The topological polar surface area (TPSA) is 114 Å². The van der Waals surface area contributed by atoms with E-state index in [2.05, 4.69) is 86.2 Å². The summed E-state index contributed by atoms with van der Waals surface area (Å²) in [6.45, 7) is 6.84. The van der Waals surface area contributed by atoms with Gasteiger partial charge in [0.2, 0.25) is 0 Å². The van der Waals surface area contributed by atoms with E-state index in [-0.39, 0.29) is 0 Å². The molecule has 0 bridgehead atoms. The van der Waals surface area contributed by atoms with E-state index >= 15 is 0 Å². The summed E-state index contributed by atoms with van der Waals surface area (Å²) in [5.41, 5.74) is 12.2. The minimum Gasteiger partial charge on any atom is -0.383 e. The molecule has 1 saturated carbocycles. The molecule has 0 spiro atoms. The third kappa shape index (κ3) is 4.73. The van der Waals surface area contributed by atoms with Crippen LogP contribution in [-0.2, 0) is 6.42 Å². The number of hydrogen-bond donors (Lipinski definition) is 3. The monoisotopic (exact) mass is 535 g/mol. The molecule has 3 aromatic heterocycles. The van der Waals surface area contributed by atoms with Crippen molar-refractivity contribution in [1.29, 1.82) is 0 Å². The van der Waals surface area contributed by atoms with Crippen molar-refractivity contribution in [2.24, 2.45) is 0 Å². The van der Waals surface area contributed by atoms with Crippen LogP contribution in [0.2, 0.25) is 0 Å². The van der Waals surface area contributed by atoms with Crippen molar-refractivity contribution in [3.8, 4) is 11.3 Å². The minimum atomic E-state index is 0.297. The second kappa shape index (κ2) is 10.3. The van der Waals surface area contributed by atoms with Gasteiger partial charge in [0.05, 0.1) is 22.5 Å². The maximum absolute atomic E-state index is 6.45. The molecule has 2 aromatic carbocycles. The van der Waals surface area contributed by atoms with Crippen LogP contribution in [-0.4, -0.2) is 65.8 Å². The van der Waals surface area contributed by atoms with Gasteiger partial charge in [0, 0.05) is 43.2 Å². The van der Waals surface area contributed by atoms with Crippen molar-refractivity contribution in [3.05, 3.63) is 66.2 Å². The number of nitrogen functional groups attached to an aromatic ring is 1. The van der Waals surface area contributed by atoms with E-state index in [1.54, 1.807) is 6.33 Å². The molecule has 9 heteroatoms. The lowest BCUT2D eigenvalue weighted by molar-refractivity contribution is 0.0875. The summed E-state index contributed by atoms with van der Waals surface area (Å²) >= 11 is 0. The van der Waals surface area contributed by atoms with Crippen LogP contribution in [0.3, 0.4) is 0 Å². The van der Waals surface area contributed by atoms with E-state index in [0.29, 0.717) is 30.0 Å². The number of anilines is 1. The van der Waals surface area contributed by atoms with Crippen LogP contribution >= 0.6 is 0 Å². The van der Waals surface area contributed by atoms with E-state index in [0.717, 1.165) is 71.5 Å². The number of imidazole rings is 1. The summed E-state index contributed by atoms with van der Waals surface area (Å²) in [5, 5.41) is 9.65. The first kappa shape index (κ1) is 25.2. The highest BCUT2D eigenvalue weighted by Gasteiger charge is 2.32. The van der Waals surface area contributed by atoms with Crippen molar-refractivity contribution >= 4 is 27.9 Å². The summed E-state index contributed by atoms with van der Waals surface area (Å²) in [4.78, 5) is 20.1. The summed E-state index contributed by atoms with van der Waals surface area (Å²) in [5.74, 6) is 1.41. The summed E-state index contributed by atoms with van der Waals surface area (Å²) < 4.78 is 2.12. The number of hydrogen-bond acceptors (Lipinski definition) is 7. The largest absolute Gasteiger partial charge is 0.383 e. The second-order valence-corrected chi connectivity index (χ2v) is 11.7. The minimum absolute atomic E-state index is 0.297. The molecule has 40 heavy (non-hydrogen) atoms. The van der Waals surface area contributed by atoms with Gasteiger partial charge in [-0.05, 0) is 57.2 Å². The number of aromatic nitrogens is 6. The van der Waals surface area contributed by atoms with E-state index in [4.69, 9.17) is 15.8 Å². The van der Waals surface area contributed by atoms with Gasteiger partial charge in [0.25, 0.3) is 0 Å². The Balaban J connectivity index is 1.17. The Labute approximate surface area is 234 Å². The average molecular weight is 536 g/mol. The molecule has 2 fully saturated rings. The predicted molar refractivity (Wildman–Crippen MR) is 159 cm³/mol. The van der Waals surface area contributed by atoms with Crippen molar-refractivity contribution in [1.82, 2.24) is 39.9 Å². The smallest absolute Gasteiger partial charge is 0.164 e. The van der Waals surface area contributed by atoms with E-state index in [9.17, 15) is 0 Å². The highest BCUT2D eigenvalue weighted by Crippen LogP contribution is 2.37. The van der Waals surface area contributed by atoms with Crippen LogP contribution < -0.4 is 11.1 Å². The number of H-pyrrole nitrogens is 1. The van der Waals surface area contributed by atoms with Crippen LogP contribution in [0.15, 0.2) is 54.9 Å². The Kier molecular flexibility index (Phi) is 6.48. The second-order valence-electron chi connectivity index (χ2n) is 11.7. The van der Waals surface area contributed by atoms with Gasteiger partial charge >= 0.3 is 0 Å². The number of piperazine rings is 1. The molecule has 1 aliphatic carbocycles. The lowest BCUT2D eigenvalue weighted by Crippen LogP contribution is -2.57. The third-order valence-electron chi connectivity index (χ3n) is 8.65. The van der Waals surface area contributed by atoms with E-state index in [1.165, 1.54) is 18.4 Å². The summed E-state index contributed by atoms with van der Waals surface area (Å²) in [7, 11) is 0. The molecule has 9 nitrogen and oxygen atoms in total. The first-order valence-electron chi connectivity index (χ1n) is 14.5. The Morgan fingerprint density at radius 3 is 2.45 bits per heavy atom. The number of aromatic amines is 1. The van der Waals surface area contributed by atoms with Crippen molar-refractivity contribution in [2.75, 3.05) is 18.8 Å². The lowest BCUT2D eigenvalue weighted by Gasteiger charge is -2.43. The molecule has 0 radical (unpaired) electrons. The number of nitrogens with one attached hydrogen (secondary N) is 2. The molecule has 0 unspecified atom stereocenters. The van der Waals surface area contributed by atoms with Gasteiger partial charge in [-0.25, -0.2) is 19.6 Å². The van der Waals surface area contributed by atoms with Gasteiger partial charge in [-0.1, -0.05) is 36.4 Å². The fourth-order valence-corrected chi connectivity index (χ4v) is 6.87. The maximum atomic E-state index is 6.45. The number of rotatable bonds is 5. The predicted octanol–water partition coefficient (Wildman–Crippen LogP) is 4.71. The molecule has 2 aliphatic rings. The Morgan fingerprint density at radius 1 is 0.925 bits per heavy atom. The molecule has 1 saturated heterocycles. The maximum Gasteiger partial charge on any atom is 0.164 e. The number of nitrogens with two attached hydrogens (primary N) is 1. The van der Waals surface area contributed by atoms with Gasteiger partial charge < -0.3 is 16.0 Å². The number of nitrogens with zero attached hydrogens (tertiary/aromatic N) is 6. The molecule has 206 valence electrons. The first-order valence-corrected chi connectivity index (χ1v) is 14.5. The lowest BCUT2D eigenvalue weighted by atomic mass is 9.89.